The predicted molar refractivity (Wildman–Crippen MR) is 83.5 cm³/mol. The van der Waals surface area contributed by atoms with Crippen molar-refractivity contribution < 1.29 is 14.6 Å². The third-order valence-electron chi connectivity index (χ3n) is 2.24. The molecule has 1 unspecified atom stereocenters. The summed E-state index contributed by atoms with van der Waals surface area (Å²) in [6.07, 6.45) is 1.55. The Labute approximate surface area is 138 Å². The molecule has 0 heterocycles. The van der Waals surface area contributed by atoms with Crippen LogP contribution in [-0.2, 0) is 0 Å². The van der Waals surface area contributed by atoms with Gasteiger partial charge >= 0.3 is 0 Å². The van der Waals surface area contributed by atoms with Crippen molar-refractivity contribution in [1.82, 2.24) is 0 Å². The Morgan fingerprint density at radius 3 is 2.35 bits per heavy atom. The number of halogens is 4. The van der Waals surface area contributed by atoms with Gasteiger partial charge in [0, 0.05) is 18.6 Å². The molecule has 0 bridgehead atoms. The van der Waals surface area contributed by atoms with Crippen LogP contribution in [0, 0.1) is 0 Å². The zero-order valence-electron chi connectivity index (χ0n) is 10.7. The van der Waals surface area contributed by atoms with E-state index < -0.39 is 6.10 Å². The van der Waals surface area contributed by atoms with E-state index in [2.05, 4.69) is 0 Å². The average molecular weight is 360 g/mol. The first-order valence-electron chi connectivity index (χ1n) is 5.84. The summed E-state index contributed by atoms with van der Waals surface area (Å²) in [7, 11) is 0. The smallest absolute Gasteiger partial charge is 0.156 e. The molecule has 20 heavy (non-hydrogen) atoms. The molecule has 0 aromatic heterocycles. The van der Waals surface area contributed by atoms with Crippen molar-refractivity contribution in [2.24, 2.45) is 0 Å². The fraction of sp³-hybridized carbons (Fsp3) is 0.385. The highest BCUT2D eigenvalue weighted by Gasteiger charge is 2.11. The van der Waals surface area contributed by atoms with E-state index in [1.54, 1.807) is 19.1 Å². The van der Waals surface area contributed by atoms with Gasteiger partial charge in [0.15, 0.2) is 5.75 Å². The molecule has 0 amide bonds. The minimum atomic E-state index is -0.442. The van der Waals surface area contributed by atoms with Gasteiger partial charge in [0.2, 0.25) is 0 Å². The lowest BCUT2D eigenvalue weighted by molar-refractivity contribution is 0.155. The third kappa shape index (κ3) is 6.42. The van der Waals surface area contributed by atoms with E-state index >= 15 is 0 Å². The number of hydrogen-bond acceptors (Lipinski definition) is 3. The molecular formula is C13H14Cl4O3. The Morgan fingerprint density at radius 1 is 1.25 bits per heavy atom. The number of aliphatic hydroxyl groups is 1. The Balaban J connectivity index is 2.68. The molecule has 0 aliphatic heterocycles. The quantitative estimate of drug-likeness (QED) is 0.756. The molecule has 1 rings (SSSR count). The van der Waals surface area contributed by atoms with Gasteiger partial charge in [0.25, 0.3) is 0 Å². The molecule has 0 saturated carbocycles. The standard InChI is InChI=1S/C13H14Cl4O3/c1-8(18)2-4-20-13-10(14)6-9(7-11(13)15)19-5-3-12(16)17/h3,6-8,18H,2,4-5H2,1H3. The van der Waals surface area contributed by atoms with E-state index in [1.165, 1.54) is 6.08 Å². The van der Waals surface area contributed by atoms with Crippen molar-refractivity contribution >= 4 is 46.4 Å². The van der Waals surface area contributed by atoms with E-state index in [0.29, 0.717) is 34.6 Å². The van der Waals surface area contributed by atoms with Crippen molar-refractivity contribution in [3.63, 3.8) is 0 Å². The van der Waals surface area contributed by atoms with Crippen LogP contribution in [0.3, 0.4) is 0 Å². The molecule has 0 aliphatic carbocycles. The molecule has 7 heteroatoms. The molecule has 0 radical (unpaired) electrons. The number of ether oxygens (including phenoxy) is 2. The van der Waals surface area contributed by atoms with Gasteiger partial charge in [0.05, 0.1) is 22.8 Å². The van der Waals surface area contributed by atoms with Crippen LogP contribution in [0.4, 0.5) is 0 Å². The highest BCUT2D eigenvalue weighted by molar-refractivity contribution is 6.55. The predicted octanol–water partition coefficient (Wildman–Crippen LogP) is 4.84. The lowest BCUT2D eigenvalue weighted by Crippen LogP contribution is -2.08. The first kappa shape index (κ1) is 17.7. The van der Waals surface area contributed by atoms with Crippen molar-refractivity contribution in [3.8, 4) is 11.5 Å². The average Bonchev–Trinajstić information content (AvgIpc) is 2.32. The van der Waals surface area contributed by atoms with Crippen LogP contribution in [0.25, 0.3) is 0 Å². The minimum Gasteiger partial charge on any atom is -0.490 e. The third-order valence-corrected chi connectivity index (χ3v) is 3.11. The van der Waals surface area contributed by atoms with Crippen LogP contribution in [0.1, 0.15) is 13.3 Å². The summed E-state index contributed by atoms with van der Waals surface area (Å²) in [4.78, 5) is 0. The topological polar surface area (TPSA) is 38.7 Å². The zero-order chi connectivity index (χ0) is 15.1. The molecule has 1 N–H and O–H groups in total. The molecule has 1 aromatic rings. The van der Waals surface area contributed by atoms with Gasteiger partial charge in [-0.3, -0.25) is 0 Å². The highest BCUT2D eigenvalue weighted by atomic mass is 35.5. The van der Waals surface area contributed by atoms with Crippen LogP contribution >= 0.6 is 46.4 Å². The van der Waals surface area contributed by atoms with Crippen molar-refractivity contribution in [2.45, 2.75) is 19.4 Å². The first-order valence-corrected chi connectivity index (χ1v) is 7.35. The van der Waals surface area contributed by atoms with Gasteiger partial charge in [0.1, 0.15) is 16.8 Å². The van der Waals surface area contributed by atoms with Gasteiger partial charge in [-0.2, -0.15) is 0 Å². The Bertz CT molecular complexity index is 448. The fourth-order valence-electron chi connectivity index (χ4n) is 1.29. The summed E-state index contributed by atoms with van der Waals surface area (Å²) in [5, 5.41) is 9.83. The first-order chi connectivity index (χ1) is 9.40. The molecule has 0 spiro atoms. The summed E-state index contributed by atoms with van der Waals surface area (Å²) < 4.78 is 10.9. The fourth-order valence-corrected chi connectivity index (χ4v) is 1.99. The maximum atomic E-state index is 9.16. The second-order valence-electron chi connectivity index (χ2n) is 4.01. The van der Waals surface area contributed by atoms with E-state index in [1.807, 2.05) is 0 Å². The zero-order valence-corrected chi connectivity index (χ0v) is 13.7. The molecule has 112 valence electrons. The van der Waals surface area contributed by atoms with Gasteiger partial charge in [-0.05, 0) is 13.0 Å². The summed E-state index contributed by atoms with van der Waals surface area (Å²) in [6.45, 7) is 2.21. The molecular weight excluding hydrogens is 346 g/mol. The molecule has 1 aromatic carbocycles. The molecule has 0 aliphatic rings. The van der Waals surface area contributed by atoms with Crippen molar-refractivity contribution in [2.75, 3.05) is 13.2 Å². The van der Waals surface area contributed by atoms with Gasteiger partial charge < -0.3 is 14.6 Å². The lowest BCUT2D eigenvalue weighted by atomic mass is 10.3. The molecule has 1 atom stereocenters. The lowest BCUT2D eigenvalue weighted by Gasteiger charge is -2.12. The van der Waals surface area contributed by atoms with E-state index in [4.69, 9.17) is 61.0 Å². The Morgan fingerprint density at radius 2 is 1.85 bits per heavy atom. The van der Waals surface area contributed by atoms with Gasteiger partial charge in [-0.15, -0.1) is 0 Å². The number of aliphatic hydroxyl groups excluding tert-OH is 1. The minimum absolute atomic E-state index is 0.125. The van der Waals surface area contributed by atoms with Crippen LogP contribution in [0.2, 0.25) is 10.0 Å². The van der Waals surface area contributed by atoms with E-state index in [-0.39, 0.29) is 11.1 Å². The summed E-state index contributed by atoms with van der Waals surface area (Å²) >= 11 is 23.1. The molecule has 3 nitrogen and oxygen atoms in total. The molecule has 0 fully saturated rings. The number of benzene rings is 1. The largest absolute Gasteiger partial charge is 0.490 e. The van der Waals surface area contributed by atoms with E-state index in [9.17, 15) is 0 Å². The van der Waals surface area contributed by atoms with Crippen LogP contribution in [-0.4, -0.2) is 24.4 Å². The number of hydrogen-bond donors (Lipinski definition) is 1. The highest BCUT2D eigenvalue weighted by Crippen LogP contribution is 2.37. The van der Waals surface area contributed by atoms with Crippen LogP contribution in [0.5, 0.6) is 11.5 Å². The van der Waals surface area contributed by atoms with Crippen molar-refractivity contribution in [1.29, 1.82) is 0 Å². The SMILES string of the molecule is CC(O)CCOc1c(Cl)cc(OCC=C(Cl)Cl)cc1Cl. The monoisotopic (exact) mass is 358 g/mol. The molecule has 0 saturated heterocycles. The Hall–Kier alpha value is -0.320. The normalized spacial score (nSPS) is 11.9. The summed E-state index contributed by atoms with van der Waals surface area (Å²) in [5.74, 6) is 0.848. The Kier molecular flexibility index (Phi) is 7.85. The summed E-state index contributed by atoms with van der Waals surface area (Å²) in [6, 6.07) is 3.17. The van der Waals surface area contributed by atoms with Crippen LogP contribution < -0.4 is 9.47 Å². The van der Waals surface area contributed by atoms with E-state index in [0.717, 1.165) is 0 Å². The maximum absolute atomic E-state index is 9.16. The van der Waals surface area contributed by atoms with Crippen LogP contribution in [0.15, 0.2) is 22.7 Å². The van der Waals surface area contributed by atoms with Crippen molar-refractivity contribution in [3.05, 3.63) is 32.7 Å². The summed E-state index contributed by atoms with van der Waals surface area (Å²) in [5.41, 5.74) is 0. The second-order valence-corrected chi connectivity index (χ2v) is 5.83. The van der Waals surface area contributed by atoms with Gasteiger partial charge in [-0.1, -0.05) is 46.4 Å². The van der Waals surface area contributed by atoms with Gasteiger partial charge in [-0.25, -0.2) is 0 Å². The second kappa shape index (κ2) is 8.85. The maximum Gasteiger partial charge on any atom is 0.156 e. The number of rotatable bonds is 7.